The number of rotatable bonds is 36. The first-order chi connectivity index (χ1) is 22.2. The molecule has 1 unspecified atom stereocenters. The average Bonchev–Trinajstić information content (AvgIpc) is 3.03. The number of allylic oxidation sites excluding steroid dienone is 8. The lowest BCUT2D eigenvalue weighted by Crippen LogP contribution is -2.29. The maximum Gasteiger partial charge on any atom is 0.0528 e. The molecule has 0 radical (unpaired) electrons. The third kappa shape index (κ3) is 38.9. The van der Waals surface area contributed by atoms with E-state index in [1.165, 1.54) is 141 Å². The van der Waals surface area contributed by atoms with Gasteiger partial charge >= 0.3 is 0 Å². The normalized spacial score (nSPS) is 13.2. The van der Waals surface area contributed by atoms with Crippen molar-refractivity contribution in [3.05, 3.63) is 48.6 Å². The van der Waals surface area contributed by atoms with Crippen LogP contribution in [-0.4, -0.2) is 52.0 Å². The highest BCUT2D eigenvalue weighted by molar-refractivity contribution is 4.93. The summed E-state index contributed by atoms with van der Waals surface area (Å²) in [5, 5.41) is 0. The molecule has 0 N–H and O–H groups in total. The number of nitrogens with zero attached hydrogens (tertiary/aromatic N) is 1. The van der Waals surface area contributed by atoms with Crippen LogP contribution in [0.3, 0.4) is 0 Å². The van der Waals surface area contributed by atoms with E-state index in [1.54, 1.807) is 0 Å². The molecule has 3 heteroatoms. The highest BCUT2D eigenvalue weighted by atomic mass is 16.5. The molecular formula is C42H79NO2. The largest absolute Gasteiger partial charge is 0.381 e. The molecule has 0 aromatic rings. The molecule has 1 atom stereocenters. The Balaban J connectivity index is 3.57. The van der Waals surface area contributed by atoms with Gasteiger partial charge in [0.25, 0.3) is 0 Å². The molecule has 45 heavy (non-hydrogen) atoms. The Morgan fingerprint density at radius 2 is 0.756 bits per heavy atom. The molecule has 0 amide bonds. The molecule has 0 rings (SSSR count). The molecule has 0 aromatic carbocycles. The van der Waals surface area contributed by atoms with E-state index in [1.807, 2.05) is 0 Å². The fourth-order valence-electron chi connectivity index (χ4n) is 5.55. The highest BCUT2D eigenvalue weighted by Crippen LogP contribution is 2.11. The molecular weight excluding hydrogens is 550 g/mol. The lowest BCUT2D eigenvalue weighted by atomic mass is 10.1. The summed E-state index contributed by atoms with van der Waals surface area (Å²) in [4.78, 5) is 2.26. The zero-order valence-corrected chi connectivity index (χ0v) is 31.0. The second-order valence-electron chi connectivity index (χ2n) is 13.4. The molecule has 0 aliphatic heterocycles. The number of hydrogen-bond acceptors (Lipinski definition) is 3. The standard InChI is InChI=1S/C42H79NO2/c1-5-7-9-11-13-15-17-19-21-23-25-27-29-31-33-35-37-44-40-42(39-43(3)4)41-45-38-36-34-32-30-28-26-24-22-20-18-16-14-12-10-8-6-2/h13-16,19-22,42H,5-12,17-18,23-41H2,1-4H3/b15-13-,16-14+,21-19-,22-20+. The van der Waals surface area contributed by atoms with E-state index in [4.69, 9.17) is 9.47 Å². The molecule has 0 saturated heterocycles. The third-order valence-corrected chi connectivity index (χ3v) is 8.31. The minimum absolute atomic E-state index is 0.467. The highest BCUT2D eigenvalue weighted by Gasteiger charge is 2.11. The van der Waals surface area contributed by atoms with Gasteiger partial charge in [-0.25, -0.2) is 0 Å². The molecule has 0 heterocycles. The fraction of sp³-hybridized carbons (Fsp3) is 0.810. The van der Waals surface area contributed by atoms with Gasteiger partial charge in [0.15, 0.2) is 0 Å². The van der Waals surface area contributed by atoms with E-state index in [0.29, 0.717) is 5.92 Å². The summed E-state index contributed by atoms with van der Waals surface area (Å²) in [6.07, 6.45) is 49.7. The zero-order valence-electron chi connectivity index (χ0n) is 31.0. The van der Waals surface area contributed by atoms with E-state index in [2.05, 4.69) is 81.5 Å². The van der Waals surface area contributed by atoms with Crippen LogP contribution in [0.15, 0.2) is 48.6 Å². The van der Waals surface area contributed by atoms with Crippen molar-refractivity contribution in [3.63, 3.8) is 0 Å². The van der Waals surface area contributed by atoms with Gasteiger partial charge in [-0.1, -0.05) is 140 Å². The number of ether oxygens (including phenoxy) is 2. The summed E-state index contributed by atoms with van der Waals surface area (Å²) < 4.78 is 12.1. The van der Waals surface area contributed by atoms with E-state index < -0.39 is 0 Å². The van der Waals surface area contributed by atoms with E-state index in [9.17, 15) is 0 Å². The van der Waals surface area contributed by atoms with Crippen LogP contribution in [-0.2, 0) is 9.47 Å². The van der Waals surface area contributed by atoms with Gasteiger partial charge in [0.05, 0.1) is 13.2 Å². The van der Waals surface area contributed by atoms with Crippen molar-refractivity contribution in [3.8, 4) is 0 Å². The Bertz CT molecular complexity index is 614. The Morgan fingerprint density at radius 3 is 1.11 bits per heavy atom. The minimum atomic E-state index is 0.467. The van der Waals surface area contributed by atoms with Crippen molar-refractivity contribution in [2.75, 3.05) is 47.1 Å². The summed E-state index contributed by atoms with van der Waals surface area (Å²) in [5.41, 5.74) is 0. The van der Waals surface area contributed by atoms with Crippen LogP contribution in [0.4, 0.5) is 0 Å². The Morgan fingerprint density at radius 1 is 0.422 bits per heavy atom. The molecule has 0 spiro atoms. The van der Waals surface area contributed by atoms with Gasteiger partial charge in [0.2, 0.25) is 0 Å². The van der Waals surface area contributed by atoms with Crippen LogP contribution in [0.2, 0.25) is 0 Å². The second-order valence-corrected chi connectivity index (χ2v) is 13.4. The lowest BCUT2D eigenvalue weighted by molar-refractivity contribution is 0.0275. The Hall–Kier alpha value is -1.16. The minimum Gasteiger partial charge on any atom is -0.381 e. The summed E-state index contributed by atoms with van der Waals surface area (Å²) in [7, 11) is 4.30. The van der Waals surface area contributed by atoms with Crippen LogP contribution >= 0.6 is 0 Å². The predicted molar refractivity (Wildman–Crippen MR) is 202 cm³/mol. The first-order valence-corrected chi connectivity index (χ1v) is 19.6. The summed E-state index contributed by atoms with van der Waals surface area (Å²) in [6.45, 7) is 9.00. The van der Waals surface area contributed by atoms with Crippen LogP contribution in [0.1, 0.15) is 168 Å². The third-order valence-electron chi connectivity index (χ3n) is 8.31. The van der Waals surface area contributed by atoms with Crippen molar-refractivity contribution in [2.45, 2.75) is 168 Å². The lowest BCUT2D eigenvalue weighted by Gasteiger charge is -2.21. The SMILES string of the molecule is CCCCC/C=C\C/C=C\CCCCCCCCOCC(COCCCCCCCC/C=C/C/C=C/CCCCC)CN(C)C. The van der Waals surface area contributed by atoms with Gasteiger partial charge in [-0.3, -0.25) is 0 Å². The molecule has 0 bridgehead atoms. The van der Waals surface area contributed by atoms with Gasteiger partial charge < -0.3 is 14.4 Å². The van der Waals surface area contributed by atoms with Crippen molar-refractivity contribution < 1.29 is 9.47 Å². The van der Waals surface area contributed by atoms with Crippen molar-refractivity contribution in [1.29, 1.82) is 0 Å². The van der Waals surface area contributed by atoms with Crippen LogP contribution in [0, 0.1) is 5.92 Å². The molecule has 0 fully saturated rings. The molecule has 0 aliphatic carbocycles. The fourth-order valence-corrected chi connectivity index (χ4v) is 5.55. The molecule has 3 nitrogen and oxygen atoms in total. The molecule has 264 valence electrons. The maximum absolute atomic E-state index is 6.07. The summed E-state index contributed by atoms with van der Waals surface area (Å²) >= 11 is 0. The van der Waals surface area contributed by atoms with E-state index in [-0.39, 0.29) is 0 Å². The quantitative estimate of drug-likeness (QED) is 0.0508. The number of unbranched alkanes of at least 4 members (excludes halogenated alkanes) is 18. The molecule has 0 aliphatic rings. The first-order valence-electron chi connectivity index (χ1n) is 19.6. The summed E-state index contributed by atoms with van der Waals surface area (Å²) in [5.74, 6) is 0.467. The van der Waals surface area contributed by atoms with Gasteiger partial charge in [-0.2, -0.15) is 0 Å². The average molecular weight is 630 g/mol. The Kier molecular flexibility index (Phi) is 38.0. The number of hydrogen-bond donors (Lipinski definition) is 0. The summed E-state index contributed by atoms with van der Waals surface area (Å²) in [6, 6.07) is 0. The van der Waals surface area contributed by atoms with Gasteiger partial charge in [0.1, 0.15) is 0 Å². The van der Waals surface area contributed by atoms with Gasteiger partial charge in [-0.05, 0) is 91.1 Å². The second kappa shape index (κ2) is 39.0. The first kappa shape index (κ1) is 43.8. The van der Waals surface area contributed by atoms with Crippen molar-refractivity contribution in [1.82, 2.24) is 4.90 Å². The van der Waals surface area contributed by atoms with Crippen molar-refractivity contribution >= 4 is 0 Å². The maximum atomic E-state index is 6.07. The van der Waals surface area contributed by atoms with Crippen LogP contribution in [0.25, 0.3) is 0 Å². The molecule has 0 aromatic heterocycles. The van der Waals surface area contributed by atoms with Crippen LogP contribution in [0.5, 0.6) is 0 Å². The Labute approximate surface area is 283 Å². The topological polar surface area (TPSA) is 21.7 Å². The molecule has 0 saturated carbocycles. The smallest absolute Gasteiger partial charge is 0.0528 e. The predicted octanol–water partition coefficient (Wildman–Crippen LogP) is 12.8. The van der Waals surface area contributed by atoms with E-state index >= 15 is 0 Å². The zero-order chi connectivity index (χ0) is 32.7. The van der Waals surface area contributed by atoms with Gasteiger partial charge in [0, 0.05) is 25.7 Å². The monoisotopic (exact) mass is 630 g/mol. The van der Waals surface area contributed by atoms with Crippen LogP contribution < -0.4 is 0 Å². The van der Waals surface area contributed by atoms with Crippen molar-refractivity contribution in [2.24, 2.45) is 5.92 Å². The van der Waals surface area contributed by atoms with Gasteiger partial charge in [-0.15, -0.1) is 0 Å². The van der Waals surface area contributed by atoms with E-state index in [0.717, 1.165) is 45.8 Å².